The van der Waals surface area contributed by atoms with Gasteiger partial charge in [-0.3, -0.25) is 0 Å². The molecule has 0 amide bonds. The molecule has 1 aliphatic heterocycles. The van der Waals surface area contributed by atoms with Crippen LogP contribution in [0.25, 0.3) is 0 Å². The van der Waals surface area contributed by atoms with Gasteiger partial charge in [-0.2, -0.15) is 0 Å². The number of primary sulfonamides is 1. The van der Waals surface area contributed by atoms with Crippen molar-refractivity contribution in [3.8, 4) is 0 Å². The van der Waals surface area contributed by atoms with E-state index in [4.69, 9.17) is 5.14 Å². The highest BCUT2D eigenvalue weighted by Gasteiger charge is 2.29. The van der Waals surface area contributed by atoms with Crippen LogP contribution in [-0.2, 0) is 26.3 Å². The predicted octanol–water partition coefficient (Wildman–Crippen LogP) is 0.969. The molecule has 96 valence electrons. The summed E-state index contributed by atoms with van der Waals surface area (Å²) >= 11 is 0.724. The highest BCUT2D eigenvalue weighted by atomic mass is 35.5. The van der Waals surface area contributed by atoms with Gasteiger partial charge in [0.2, 0.25) is 19.9 Å². The number of hydrogen-bond donors (Lipinski definition) is 1. The zero-order valence-corrected chi connectivity index (χ0v) is 12.0. The summed E-state index contributed by atoms with van der Waals surface area (Å²) in [5.41, 5.74) is 0.979. The van der Waals surface area contributed by atoms with Crippen LogP contribution in [0, 0.1) is 6.92 Å². The standard InChI is InChI=1S/C8H9NO4S3.ClH/c1-5-6-3-2-4-15(10,11)8(6)14-7(5)16(9,12)13;/h2,4H,3H2,1H3,(H2,9,12,13);1H. The third-order valence-corrected chi connectivity index (χ3v) is 7.26. The monoisotopic (exact) mass is 315 g/mol. The first-order chi connectivity index (χ1) is 7.23. The van der Waals surface area contributed by atoms with Gasteiger partial charge in [0, 0.05) is 5.41 Å². The lowest BCUT2D eigenvalue weighted by atomic mass is 10.1. The van der Waals surface area contributed by atoms with Crippen LogP contribution in [0.4, 0.5) is 0 Å². The van der Waals surface area contributed by atoms with Crippen LogP contribution in [0.1, 0.15) is 11.1 Å². The molecule has 0 aliphatic carbocycles. The van der Waals surface area contributed by atoms with Gasteiger partial charge in [0.15, 0.2) is 0 Å². The Hall–Kier alpha value is -0.410. The normalized spacial score (nSPS) is 17.3. The first-order valence-corrected chi connectivity index (χ1v) is 8.21. The molecule has 0 fully saturated rings. The molecule has 2 heterocycles. The van der Waals surface area contributed by atoms with Crippen LogP contribution in [0.5, 0.6) is 0 Å². The Balaban J connectivity index is 0.00000144. The van der Waals surface area contributed by atoms with Crippen molar-refractivity contribution in [2.24, 2.45) is 5.14 Å². The van der Waals surface area contributed by atoms with Crippen molar-refractivity contribution in [2.45, 2.75) is 21.8 Å². The lowest BCUT2D eigenvalue weighted by molar-refractivity contribution is 0.598. The number of rotatable bonds is 1. The summed E-state index contributed by atoms with van der Waals surface area (Å²) < 4.78 is 45.8. The average molecular weight is 316 g/mol. The van der Waals surface area contributed by atoms with E-state index in [1.807, 2.05) is 0 Å². The molecule has 5 nitrogen and oxygen atoms in total. The molecule has 0 atom stereocenters. The molecule has 9 heteroatoms. The first-order valence-electron chi connectivity index (χ1n) is 4.30. The number of thiophene rings is 1. The minimum atomic E-state index is -3.85. The van der Waals surface area contributed by atoms with Gasteiger partial charge >= 0.3 is 0 Å². The van der Waals surface area contributed by atoms with E-state index in [9.17, 15) is 16.8 Å². The molecule has 1 aliphatic rings. The number of hydrogen-bond acceptors (Lipinski definition) is 5. The van der Waals surface area contributed by atoms with Crippen molar-refractivity contribution in [2.75, 3.05) is 0 Å². The molecule has 0 saturated carbocycles. The van der Waals surface area contributed by atoms with Crippen LogP contribution in [0.2, 0.25) is 0 Å². The number of nitrogens with two attached hydrogens (primary N) is 1. The molecule has 1 aromatic heterocycles. The number of sulfone groups is 1. The second-order valence-electron chi connectivity index (χ2n) is 3.45. The Morgan fingerprint density at radius 1 is 1.41 bits per heavy atom. The Morgan fingerprint density at radius 2 is 2.00 bits per heavy atom. The van der Waals surface area contributed by atoms with Crippen molar-refractivity contribution < 1.29 is 16.8 Å². The van der Waals surface area contributed by atoms with E-state index in [2.05, 4.69) is 0 Å². The second-order valence-corrected chi connectivity index (χ2v) is 8.25. The molecule has 2 rings (SSSR count). The molecule has 2 N–H and O–H groups in total. The van der Waals surface area contributed by atoms with Gasteiger partial charge in [-0.15, -0.1) is 23.7 Å². The summed E-state index contributed by atoms with van der Waals surface area (Å²) in [6.45, 7) is 1.57. The molecule has 0 radical (unpaired) electrons. The Morgan fingerprint density at radius 3 is 2.47 bits per heavy atom. The molecule has 0 saturated heterocycles. The van der Waals surface area contributed by atoms with E-state index in [1.165, 1.54) is 6.08 Å². The van der Waals surface area contributed by atoms with E-state index < -0.39 is 19.9 Å². The molecular weight excluding hydrogens is 306 g/mol. The molecule has 1 aromatic rings. The minimum Gasteiger partial charge on any atom is -0.224 e. The van der Waals surface area contributed by atoms with Gasteiger partial charge in [-0.25, -0.2) is 22.0 Å². The van der Waals surface area contributed by atoms with Crippen LogP contribution in [0.15, 0.2) is 19.9 Å². The highest BCUT2D eigenvalue weighted by Crippen LogP contribution is 2.37. The summed E-state index contributed by atoms with van der Waals surface area (Å²) in [6, 6.07) is 0. The summed E-state index contributed by atoms with van der Waals surface area (Å²) in [4.78, 5) is 0. The summed E-state index contributed by atoms with van der Waals surface area (Å²) in [6.07, 6.45) is 1.93. The Bertz CT molecular complexity index is 685. The molecule has 17 heavy (non-hydrogen) atoms. The van der Waals surface area contributed by atoms with Crippen molar-refractivity contribution in [3.05, 3.63) is 22.6 Å². The second kappa shape index (κ2) is 4.36. The van der Waals surface area contributed by atoms with Gasteiger partial charge < -0.3 is 0 Å². The number of fused-ring (bicyclic) bond motifs is 1. The third kappa shape index (κ3) is 2.41. The minimum absolute atomic E-state index is 0. The zero-order valence-electron chi connectivity index (χ0n) is 8.71. The Labute approximate surface area is 110 Å². The topological polar surface area (TPSA) is 94.3 Å². The predicted molar refractivity (Wildman–Crippen MR) is 67.7 cm³/mol. The van der Waals surface area contributed by atoms with Gasteiger partial charge in [0.1, 0.15) is 8.42 Å². The number of allylic oxidation sites excluding steroid dienone is 1. The van der Waals surface area contributed by atoms with Gasteiger partial charge in [-0.05, 0) is 24.5 Å². The molecule has 0 spiro atoms. The lowest BCUT2D eigenvalue weighted by Gasteiger charge is -2.05. The van der Waals surface area contributed by atoms with Crippen molar-refractivity contribution in [1.29, 1.82) is 0 Å². The quantitative estimate of drug-likeness (QED) is 0.835. The fourth-order valence-corrected chi connectivity index (χ4v) is 5.75. The van der Waals surface area contributed by atoms with E-state index in [-0.39, 0.29) is 20.8 Å². The van der Waals surface area contributed by atoms with Crippen LogP contribution in [-0.4, -0.2) is 16.8 Å². The van der Waals surface area contributed by atoms with Gasteiger partial charge in [-0.1, -0.05) is 6.08 Å². The summed E-state index contributed by atoms with van der Waals surface area (Å²) in [5, 5.41) is 6.12. The Kier molecular flexibility index (Phi) is 3.76. The van der Waals surface area contributed by atoms with Gasteiger partial charge in [0.05, 0.1) is 0 Å². The molecule has 0 aromatic carbocycles. The number of halogens is 1. The van der Waals surface area contributed by atoms with Crippen LogP contribution >= 0.6 is 23.7 Å². The van der Waals surface area contributed by atoms with Crippen LogP contribution < -0.4 is 5.14 Å². The highest BCUT2D eigenvalue weighted by molar-refractivity contribution is 7.97. The molecule has 0 unspecified atom stereocenters. The third-order valence-electron chi connectivity index (χ3n) is 2.30. The van der Waals surface area contributed by atoms with E-state index >= 15 is 0 Å². The van der Waals surface area contributed by atoms with E-state index in [1.54, 1.807) is 6.92 Å². The summed E-state index contributed by atoms with van der Waals surface area (Å²) in [7, 11) is -7.34. The van der Waals surface area contributed by atoms with E-state index in [0.717, 1.165) is 16.7 Å². The number of sulfonamides is 1. The van der Waals surface area contributed by atoms with E-state index in [0.29, 0.717) is 17.5 Å². The molecular formula is C8H10ClNO4S3. The fourth-order valence-electron chi connectivity index (χ4n) is 1.59. The summed E-state index contributed by atoms with van der Waals surface area (Å²) in [5.74, 6) is 0. The fraction of sp³-hybridized carbons (Fsp3) is 0.250. The van der Waals surface area contributed by atoms with Crippen molar-refractivity contribution in [3.63, 3.8) is 0 Å². The van der Waals surface area contributed by atoms with Gasteiger partial charge in [0.25, 0.3) is 0 Å². The zero-order chi connectivity index (χ0) is 12.1. The van der Waals surface area contributed by atoms with Crippen LogP contribution in [0.3, 0.4) is 0 Å². The van der Waals surface area contributed by atoms with Crippen molar-refractivity contribution >= 4 is 43.6 Å². The smallest absolute Gasteiger partial charge is 0.224 e. The molecule has 0 bridgehead atoms. The SMILES string of the molecule is Cc1c(S(N)(=O)=O)sc2c1CC=CS2(=O)=O.Cl. The maximum atomic E-state index is 11.7. The average Bonchev–Trinajstić information content (AvgIpc) is 2.44. The maximum absolute atomic E-state index is 11.7. The first kappa shape index (κ1) is 14.7. The largest absolute Gasteiger partial charge is 0.247 e. The maximum Gasteiger partial charge on any atom is 0.247 e. The van der Waals surface area contributed by atoms with Crippen molar-refractivity contribution in [1.82, 2.24) is 0 Å². The lowest BCUT2D eigenvalue weighted by Crippen LogP contribution is -2.11.